The highest BCUT2D eigenvalue weighted by atomic mass is 16.3. The summed E-state index contributed by atoms with van der Waals surface area (Å²) in [5, 5.41) is 5.75. The summed E-state index contributed by atoms with van der Waals surface area (Å²) in [4.78, 5) is 13.8. The minimum Gasteiger partial charge on any atom is -0.464 e. The maximum Gasteiger partial charge on any atom is 0.133 e. The summed E-state index contributed by atoms with van der Waals surface area (Å²) in [5.41, 5.74) is 2.41. The molecule has 1 saturated heterocycles. The second-order valence-electron chi connectivity index (χ2n) is 8.68. The number of nitrogens with one attached hydrogen (secondary N) is 1. The number of pyridine rings is 2. The monoisotopic (exact) mass is 429 g/mol. The number of anilines is 2. The molecular weight excluding hydrogens is 398 g/mol. The van der Waals surface area contributed by atoms with Crippen molar-refractivity contribution in [3.8, 4) is 11.3 Å². The third kappa shape index (κ3) is 4.46. The third-order valence-corrected chi connectivity index (χ3v) is 6.20. The fourth-order valence-corrected chi connectivity index (χ4v) is 4.10. The minimum atomic E-state index is 0. The summed E-state index contributed by atoms with van der Waals surface area (Å²) < 4.78 is 5.53. The van der Waals surface area contributed by atoms with Crippen LogP contribution in [0.15, 0.2) is 71.6 Å². The van der Waals surface area contributed by atoms with Gasteiger partial charge >= 0.3 is 0 Å². The molecule has 0 bridgehead atoms. The number of rotatable bonds is 8. The maximum absolute atomic E-state index is 5.53. The van der Waals surface area contributed by atoms with E-state index in [-0.39, 0.29) is 1.43 Å². The van der Waals surface area contributed by atoms with Gasteiger partial charge in [-0.15, -0.1) is 0 Å². The van der Waals surface area contributed by atoms with Crippen molar-refractivity contribution in [1.82, 2.24) is 14.9 Å². The number of likely N-dealkylation sites (N-methyl/N-ethyl adjacent to an activating group) is 1. The Morgan fingerprint density at radius 1 is 1.09 bits per heavy atom. The standard InChI is InChI=1S/C26H29N5O.H2/c1-30(2)23-17-31(18-23)26-13-19(9-11-28-26)5-3-10-27-25-15-22-14-20(24-6-4-12-32-24)7-8-21(22)16-29-25;/h4,6-9,11-16,23H,3,5,10,17-18H2,1-2H3,(H,27,29);1H. The SMILES string of the molecule is CN(C)C1CN(c2cc(CCCNc3cc4cc(-c5ccco5)ccc4cn3)ccn2)C1.[HH]. The molecule has 0 saturated carbocycles. The normalized spacial score (nSPS) is 14.2. The molecule has 4 heterocycles. The van der Waals surface area contributed by atoms with E-state index in [2.05, 4.69) is 75.6 Å². The van der Waals surface area contributed by atoms with Crippen molar-refractivity contribution in [3.63, 3.8) is 0 Å². The summed E-state index contributed by atoms with van der Waals surface area (Å²) in [6, 6.07) is 17.3. The molecule has 0 atom stereocenters. The molecule has 4 aromatic rings. The van der Waals surface area contributed by atoms with Gasteiger partial charge in [-0.3, -0.25) is 0 Å². The summed E-state index contributed by atoms with van der Waals surface area (Å²) in [5.74, 6) is 2.88. The van der Waals surface area contributed by atoms with E-state index in [0.29, 0.717) is 6.04 Å². The first-order valence-corrected chi connectivity index (χ1v) is 11.2. The van der Waals surface area contributed by atoms with Crippen LogP contribution in [-0.4, -0.2) is 54.6 Å². The molecule has 1 fully saturated rings. The van der Waals surface area contributed by atoms with E-state index in [1.165, 1.54) is 5.56 Å². The van der Waals surface area contributed by atoms with Crippen molar-refractivity contribution < 1.29 is 5.84 Å². The van der Waals surface area contributed by atoms with Gasteiger partial charge in [-0.05, 0) is 74.3 Å². The summed E-state index contributed by atoms with van der Waals surface area (Å²) in [6.07, 6.45) is 7.61. The van der Waals surface area contributed by atoms with Crippen LogP contribution in [0.5, 0.6) is 0 Å². The van der Waals surface area contributed by atoms with Crippen LogP contribution in [0.4, 0.5) is 11.6 Å². The summed E-state index contributed by atoms with van der Waals surface area (Å²) >= 11 is 0. The number of hydrogen-bond acceptors (Lipinski definition) is 6. The molecule has 3 aromatic heterocycles. The fourth-order valence-electron chi connectivity index (χ4n) is 4.10. The molecule has 0 amide bonds. The van der Waals surface area contributed by atoms with Crippen molar-refractivity contribution in [1.29, 1.82) is 0 Å². The van der Waals surface area contributed by atoms with Gasteiger partial charge in [-0.2, -0.15) is 0 Å². The number of aromatic nitrogens is 2. The second-order valence-corrected chi connectivity index (χ2v) is 8.68. The van der Waals surface area contributed by atoms with Crippen LogP contribution < -0.4 is 10.2 Å². The largest absolute Gasteiger partial charge is 0.464 e. The van der Waals surface area contributed by atoms with E-state index in [9.17, 15) is 0 Å². The first-order valence-electron chi connectivity index (χ1n) is 11.2. The zero-order valence-electron chi connectivity index (χ0n) is 18.7. The molecule has 1 aliphatic rings. The first-order chi connectivity index (χ1) is 15.7. The van der Waals surface area contributed by atoms with Crippen LogP contribution >= 0.6 is 0 Å². The van der Waals surface area contributed by atoms with E-state index in [1.54, 1.807) is 6.26 Å². The molecule has 1 aromatic carbocycles. The van der Waals surface area contributed by atoms with Crippen molar-refractivity contribution in [2.24, 2.45) is 0 Å². The number of benzene rings is 1. The van der Waals surface area contributed by atoms with E-state index >= 15 is 0 Å². The lowest BCUT2D eigenvalue weighted by molar-refractivity contribution is 0.246. The lowest BCUT2D eigenvalue weighted by Crippen LogP contribution is -2.57. The number of nitrogens with zero attached hydrogens (tertiary/aromatic N) is 4. The zero-order chi connectivity index (χ0) is 21.9. The topological polar surface area (TPSA) is 57.4 Å². The Kier molecular flexibility index (Phi) is 5.77. The zero-order valence-corrected chi connectivity index (χ0v) is 18.7. The van der Waals surface area contributed by atoms with Crippen molar-refractivity contribution in [2.75, 3.05) is 43.9 Å². The predicted molar refractivity (Wildman–Crippen MR) is 132 cm³/mol. The Morgan fingerprint density at radius 3 is 2.81 bits per heavy atom. The molecule has 1 aliphatic heterocycles. The maximum atomic E-state index is 5.53. The van der Waals surface area contributed by atoms with Crippen LogP contribution in [0.3, 0.4) is 0 Å². The summed E-state index contributed by atoms with van der Waals surface area (Å²) in [6.45, 7) is 2.99. The highest BCUT2D eigenvalue weighted by molar-refractivity contribution is 5.87. The number of hydrogen-bond donors (Lipinski definition) is 1. The van der Waals surface area contributed by atoms with Gasteiger partial charge in [0, 0.05) is 50.4 Å². The first kappa shape index (κ1) is 20.5. The molecule has 0 unspecified atom stereocenters. The Balaban J connectivity index is 0.00000259. The van der Waals surface area contributed by atoms with Crippen molar-refractivity contribution in [2.45, 2.75) is 18.9 Å². The van der Waals surface area contributed by atoms with Gasteiger partial charge in [-0.1, -0.05) is 12.1 Å². The fraction of sp³-hybridized carbons (Fsp3) is 0.308. The van der Waals surface area contributed by atoms with Gasteiger partial charge in [0.05, 0.1) is 6.26 Å². The number of fused-ring (bicyclic) bond motifs is 1. The molecule has 5 rings (SSSR count). The minimum absolute atomic E-state index is 0. The smallest absolute Gasteiger partial charge is 0.133 e. The molecule has 6 nitrogen and oxygen atoms in total. The summed E-state index contributed by atoms with van der Waals surface area (Å²) in [7, 11) is 4.28. The third-order valence-electron chi connectivity index (χ3n) is 6.20. The average molecular weight is 430 g/mol. The Hall–Kier alpha value is -3.38. The van der Waals surface area contributed by atoms with Crippen LogP contribution in [0.25, 0.3) is 22.1 Å². The molecule has 32 heavy (non-hydrogen) atoms. The van der Waals surface area contributed by atoms with E-state index in [0.717, 1.165) is 66.2 Å². The van der Waals surface area contributed by atoms with Gasteiger partial charge in [0.25, 0.3) is 0 Å². The van der Waals surface area contributed by atoms with Gasteiger partial charge in [0.1, 0.15) is 17.4 Å². The van der Waals surface area contributed by atoms with E-state index < -0.39 is 0 Å². The molecule has 6 heteroatoms. The molecule has 0 radical (unpaired) electrons. The van der Waals surface area contributed by atoms with Crippen LogP contribution in [0, 0.1) is 0 Å². The Morgan fingerprint density at radius 2 is 2.00 bits per heavy atom. The van der Waals surface area contributed by atoms with Crippen LogP contribution in [0.1, 0.15) is 13.4 Å². The molecule has 1 N–H and O–H groups in total. The van der Waals surface area contributed by atoms with Crippen LogP contribution in [-0.2, 0) is 6.42 Å². The molecule has 0 aliphatic carbocycles. The average Bonchev–Trinajstić information content (AvgIpc) is 3.30. The predicted octanol–water partition coefficient (Wildman–Crippen LogP) is 4.93. The molecular formula is C26H31N5O. The van der Waals surface area contributed by atoms with Gasteiger partial charge in [0.2, 0.25) is 0 Å². The number of furan rings is 1. The van der Waals surface area contributed by atoms with Gasteiger partial charge in [0.15, 0.2) is 0 Å². The van der Waals surface area contributed by atoms with Gasteiger partial charge in [-0.25, -0.2) is 9.97 Å². The lowest BCUT2D eigenvalue weighted by Gasteiger charge is -2.43. The van der Waals surface area contributed by atoms with Crippen molar-refractivity contribution in [3.05, 3.63) is 72.8 Å². The Bertz CT molecular complexity index is 1190. The Labute approximate surface area is 190 Å². The highest BCUT2D eigenvalue weighted by Crippen LogP contribution is 2.26. The highest BCUT2D eigenvalue weighted by Gasteiger charge is 2.29. The van der Waals surface area contributed by atoms with E-state index in [4.69, 9.17) is 4.42 Å². The number of aryl methyl sites for hydroxylation is 1. The van der Waals surface area contributed by atoms with Crippen molar-refractivity contribution >= 4 is 22.4 Å². The van der Waals surface area contributed by atoms with Gasteiger partial charge < -0.3 is 19.5 Å². The quantitative estimate of drug-likeness (QED) is 0.401. The lowest BCUT2D eigenvalue weighted by atomic mass is 10.1. The molecule has 166 valence electrons. The molecule has 0 spiro atoms. The van der Waals surface area contributed by atoms with Crippen LogP contribution in [0.2, 0.25) is 0 Å². The van der Waals surface area contributed by atoms with E-state index in [1.807, 2.05) is 24.5 Å². The second kappa shape index (κ2) is 9.01.